The average molecular weight is 486 g/mol. The number of phenols is 2. The third-order valence-electron chi connectivity index (χ3n) is 7.16. The maximum Gasteiger partial charge on any atom is 0.115 e. The average Bonchev–Trinajstić information content (AvgIpc) is 2.91. The normalized spacial score (nSPS) is 11.3. The molecule has 2 N–H and O–H groups in total. The van der Waals surface area contributed by atoms with Crippen molar-refractivity contribution in [2.45, 2.75) is 26.2 Å². The van der Waals surface area contributed by atoms with E-state index in [2.05, 4.69) is 98.5 Å². The first-order chi connectivity index (χ1) is 17.8. The highest BCUT2D eigenvalue weighted by Crippen LogP contribution is 2.43. The van der Waals surface area contributed by atoms with E-state index in [1.807, 2.05) is 24.3 Å². The lowest BCUT2D eigenvalue weighted by Gasteiger charge is -2.33. The number of aromatic hydroxyl groups is 2. The first-order valence-electron chi connectivity index (χ1n) is 12.5. The molecule has 0 saturated carbocycles. The number of hydrogen-bond acceptors (Lipinski definition) is 3. The minimum atomic E-state index is -0.524. The standard InChI is InChI=1S/C34H31NO2/c1-24-7-15-29(16-8-24)35(30-17-9-25(2)10-18-30)31-6-4-5-28(23-31)34(3,26-11-19-32(36)20-12-26)27-13-21-33(37)22-14-27/h4-23,36-37H,1-3H3. The van der Waals surface area contributed by atoms with Crippen molar-refractivity contribution in [3.05, 3.63) is 149 Å². The van der Waals surface area contributed by atoms with Gasteiger partial charge in [0.05, 0.1) is 0 Å². The summed E-state index contributed by atoms with van der Waals surface area (Å²) < 4.78 is 0. The van der Waals surface area contributed by atoms with Gasteiger partial charge in [0.1, 0.15) is 11.5 Å². The van der Waals surface area contributed by atoms with Gasteiger partial charge >= 0.3 is 0 Å². The highest BCUT2D eigenvalue weighted by Gasteiger charge is 2.32. The van der Waals surface area contributed by atoms with E-state index in [9.17, 15) is 10.2 Å². The van der Waals surface area contributed by atoms with E-state index in [4.69, 9.17) is 0 Å². The molecule has 0 fully saturated rings. The van der Waals surface area contributed by atoms with E-state index in [1.54, 1.807) is 24.3 Å². The summed E-state index contributed by atoms with van der Waals surface area (Å²) in [7, 11) is 0. The molecule has 5 aromatic rings. The van der Waals surface area contributed by atoms with Crippen LogP contribution >= 0.6 is 0 Å². The van der Waals surface area contributed by atoms with E-state index in [0.29, 0.717) is 0 Å². The van der Waals surface area contributed by atoms with Crippen LogP contribution in [-0.2, 0) is 5.41 Å². The van der Waals surface area contributed by atoms with Gasteiger partial charge in [-0.3, -0.25) is 0 Å². The van der Waals surface area contributed by atoms with E-state index in [1.165, 1.54) is 11.1 Å². The lowest BCUT2D eigenvalue weighted by Crippen LogP contribution is -2.25. The summed E-state index contributed by atoms with van der Waals surface area (Å²) in [5, 5.41) is 19.9. The molecule has 37 heavy (non-hydrogen) atoms. The molecule has 5 aromatic carbocycles. The molecule has 5 rings (SSSR count). The molecule has 0 aliphatic carbocycles. The van der Waals surface area contributed by atoms with Gasteiger partial charge < -0.3 is 15.1 Å². The minimum Gasteiger partial charge on any atom is -0.508 e. The highest BCUT2D eigenvalue weighted by atomic mass is 16.3. The molecule has 184 valence electrons. The van der Waals surface area contributed by atoms with Gasteiger partial charge in [0.2, 0.25) is 0 Å². The lowest BCUT2D eigenvalue weighted by atomic mass is 9.71. The summed E-state index contributed by atoms with van der Waals surface area (Å²) in [5.74, 6) is 0.464. The van der Waals surface area contributed by atoms with Gasteiger partial charge in [-0.2, -0.15) is 0 Å². The summed E-state index contributed by atoms with van der Waals surface area (Å²) in [6.45, 7) is 6.38. The van der Waals surface area contributed by atoms with Gasteiger partial charge in [0.15, 0.2) is 0 Å². The van der Waals surface area contributed by atoms with Gasteiger partial charge in [-0.25, -0.2) is 0 Å². The second-order valence-electron chi connectivity index (χ2n) is 9.78. The van der Waals surface area contributed by atoms with Crippen molar-refractivity contribution >= 4 is 17.1 Å². The van der Waals surface area contributed by atoms with Crippen LogP contribution in [0.2, 0.25) is 0 Å². The summed E-state index contributed by atoms with van der Waals surface area (Å²) in [5.41, 5.74) is 8.33. The Bertz CT molecular complexity index is 1400. The van der Waals surface area contributed by atoms with Gasteiger partial charge in [-0.15, -0.1) is 0 Å². The Hall–Kier alpha value is -4.50. The summed E-state index contributed by atoms with van der Waals surface area (Å²) >= 11 is 0. The molecule has 0 atom stereocenters. The van der Waals surface area contributed by atoms with Crippen LogP contribution in [0.5, 0.6) is 11.5 Å². The molecule has 0 saturated heterocycles. The SMILES string of the molecule is Cc1ccc(N(c2ccc(C)cc2)c2cccc(C(C)(c3ccc(O)cc3)c3ccc(O)cc3)c2)cc1. The van der Waals surface area contributed by atoms with Crippen molar-refractivity contribution in [2.24, 2.45) is 0 Å². The molecule has 0 aliphatic rings. The van der Waals surface area contributed by atoms with E-state index in [-0.39, 0.29) is 11.5 Å². The molecular weight excluding hydrogens is 454 g/mol. The molecule has 0 radical (unpaired) electrons. The van der Waals surface area contributed by atoms with Gasteiger partial charge in [-0.05, 0) is 98.1 Å². The fourth-order valence-corrected chi connectivity index (χ4v) is 4.88. The topological polar surface area (TPSA) is 43.7 Å². The maximum absolute atomic E-state index is 9.97. The first-order valence-corrected chi connectivity index (χ1v) is 12.5. The summed E-state index contributed by atoms with van der Waals surface area (Å²) in [6, 6.07) is 40.5. The number of anilines is 3. The fourth-order valence-electron chi connectivity index (χ4n) is 4.88. The number of hydrogen-bond donors (Lipinski definition) is 2. The number of phenolic OH excluding ortho intramolecular Hbond substituents is 2. The van der Waals surface area contributed by atoms with Crippen molar-refractivity contribution in [3.8, 4) is 11.5 Å². The highest BCUT2D eigenvalue weighted by molar-refractivity contribution is 5.77. The smallest absolute Gasteiger partial charge is 0.115 e. The van der Waals surface area contributed by atoms with Crippen LogP contribution in [0, 0.1) is 13.8 Å². The monoisotopic (exact) mass is 485 g/mol. The number of rotatable bonds is 6. The zero-order valence-electron chi connectivity index (χ0n) is 21.4. The number of nitrogens with zero attached hydrogens (tertiary/aromatic N) is 1. The minimum absolute atomic E-state index is 0.232. The second kappa shape index (κ2) is 9.87. The predicted molar refractivity (Wildman–Crippen MR) is 152 cm³/mol. The summed E-state index contributed by atoms with van der Waals surface area (Å²) in [6.07, 6.45) is 0. The Morgan fingerprint density at radius 1 is 0.486 bits per heavy atom. The summed E-state index contributed by atoms with van der Waals surface area (Å²) in [4.78, 5) is 2.27. The van der Waals surface area contributed by atoms with E-state index < -0.39 is 5.41 Å². The molecule has 0 heterocycles. The van der Waals surface area contributed by atoms with Gasteiger partial charge in [0.25, 0.3) is 0 Å². The Balaban J connectivity index is 1.70. The third kappa shape index (κ3) is 4.81. The lowest BCUT2D eigenvalue weighted by molar-refractivity contribution is 0.474. The van der Waals surface area contributed by atoms with Crippen molar-refractivity contribution in [3.63, 3.8) is 0 Å². The Kier molecular flexibility index (Phi) is 6.45. The zero-order chi connectivity index (χ0) is 26.0. The first kappa shape index (κ1) is 24.2. The van der Waals surface area contributed by atoms with Crippen molar-refractivity contribution in [2.75, 3.05) is 4.90 Å². The molecule has 0 unspecified atom stereocenters. The molecule has 3 heteroatoms. The maximum atomic E-state index is 9.97. The molecular formula is C34H31NO2. The second-order valence-corrected chi connectivity index (χ2v) is 9.78. The molecule has 0 aliphatic heterocycles. The van der Waals surface area contributed by atoms with Gasteiger partial charge in [0, 0.05) is 22.5 Å². The molecule has 0 bridgehead atoms. The molecule has 0 spiro atoms. The predicted octanol–water partition coefficient (Wildman–Crippen LogP) is 8.54. The quantitative estimate of drug-likeness (QED) is 0.237. The fraction of sp³-hybridized carbons (Fsp3) is 0.118. The Labute approximate surface area is 218 Å². The van der Waals surface area contributed by atoms with Crippen molar-refractivity contribution < 1.29 is 10.2 Å². The van der Waals surface area contributed by atoms with Crippen LogP contribution in [0.3, 0.4) is 0 Å². The molecule has 3 nitrogen and oxygen atoms in total. The van der Waals surface area contributed by atoms with Crippen LogP contribution in [0.15, 0.2) is 121 Å². The van der Waals surface area contributed by atoms with Crippen molar-refractivity contribution in [1.82, 2.24) is 0 Å². The number of benzene rings is 5. The van der Waals surface area contributed by atoms with Gasteiger partial charge in [-0.1, -0.05) is 71.8 Å². The van der Waals surface area contributed by atoms with Crippen LogP contribution in [0.4, 0.5) is 17.1 Å². The molecule has 0 aromatic heterocycles. The Morgan fingerprint density at radius 2 is 0.919 bits per heavy atom. The Morgan fingerprint density at radius 3 is 1.35 bits per heavy atom. The van der Waals surface area contributed by atoms with Crippen LogP contribution in [0.1, 0.15) is 34.7 Å². The van der Waals surface area contributed by atoms with Crippen molar-refractivity contribution in [1.29, 1.82) is 0 Å². The largest absolute Gasteiger partial charge is 0.508 e. The van der Waals surface area contributed by atoms with Crippen LogP contribution in [-0.4, -0.2) is 10.2 Å². The van der Waals surface area contributed by atoms with Crippen LogP contribution in [0.25, 0.3) is 0 Å². The van der Waals surface area contributed by atoms with E-state index >= 15 is 0 Å². The third-order valence-corrected chi connectivity index (χ3v) is 7.16. The van der Waals surface area contributed by atoms with Crippen LogP contribution < -0.4 is 4.90 Å². The van der Waals surface area contributed by atoms with E-state index in [0.717, 1.165) is 33.8 Å². The number of aryl methyl sites for hydroxylation is 2. The molecule has 0 amide bonds. The zero-order valence-corrected chi connectivity index (χ0v) is 21.4.